The molecule has 1 aromatic rings. The molecule has 1 heterocycles. The molecule has 0 N–H and O–H groups in total. The fraction of sp³-hybridized carbons (Fsp3) is 0.400. The molecule has 0 fully saturated rings. The topological polar surface area (TPSA) is 39.2 Å². The fourth-order valence-corrected chi connectivity index (χ4v) is 0.737. The van der Waals surface area contributed by atoms with Crippen molar-refractivity contribution in [1.82, 2.24) is 4.98 Å². The summed E-state index contributed by atoms with van der Waals surface area (Å²) in [7, 11) is 0. The SMILES string of the molecule is CC(C)(C)OC=O.Fc1ccc(Br)cn1. The zero-order valence-electron chi connectivity index (χ0n) is 8.83. The zero-order valence-corrected chi connectivity index (χ0v) is 10.4. The van der Waals surface area contributed by atoms with Crippen LogP contribution < -0.4 is 0 Å². The van der Waals surface area contributed by atoms with Gasteiger partial charge in [-0.3, -0.25) is 4.79 Å². The molecule has 0 saturated heterocycles. The van der Waals surface area contributed by atoms with Gasteiger partial charge in [-0.25, -0.2) is 4.98 Å². The van der Waals surface area contributed by atoms with Crippen LogP contribution in [-0.4, -0.2) is 17.1 Å². The van der Waals surface area contributed by atoms with Gasteiger partial charge in [0.1, 0.15) is 5.60 Å². The molecule has 1 rings (SSSR count). The molecule has 3 nitrogen and oxygen atoms in total. The Labute approximate surface area is 96.8 Å². The minimum absolute atomic E-state index is 0.318. The van der Waals surface area contributed by atoms with Gasteiger partial charge in [-0.05, 0) is 48.8 Å². The summed E-state index contributed by atoms with van der Waals surface area (Å²) in [5.74, 6) is -0.451. The van der Waals surface area contributed by atoms with Crippen LogP contribution in [0.1, 0.15) is 20.8 Å². The number of hydrogen-bond acceptors (Lipinski definition) is 3. The van der Waals surface area contributed by atoms with Gasteiger partial charge in [-0.15, -0.1) is 0 Å². The lowest BCUT2D eigenvalue weighted by Crippen LogP contribution is -2.17. The Morgan fingerprint density at radius 3 is 2.27 bits per heavy atom. The van der Waals surface area contributed by atoms with Crippen LogP contribution in [0.5, 0.6) is 0 Å². The first-order valence-electron chi connectivity index (χ1n) is 4.23. The van der Waals surface area contributed by atoms with Crippen LogP contribution in [0.15, 0.2) is 22.8 Å². The minimum Gasteiger partial charge on any atom is -0.462 e. The van der Waals surface area contributed by atoms with E-state index in [1.54, 1.807) is 6.07 Å². The summed E-state index contributed by atoms with van der Waals surface area (Å²) in [6.45, 7) is 5.92. The summed E-state index contributed by atoms with van der Waals surface area (Å²) in [6, 6.07) is 2.90. The van der Waals surface area contributed by atoms with Crippen LogP contribution in [0.4, 0.5) is 4.39 Å². The van der Waals surface area contributed by atoms with Crippen LogP contribution >= 0.6 is 15.9 Å². The number of halogens is 2. The van der Waals surface area contributed by atoms with Crippen LogP contribution in [0.3, 0.4) is 0 Å². The highest BCUT2D eigenvalue weighted by Gasteiger charge is 2.07. The van der Waals surface area contributed by atoms with Crippen LogP contribution in [0, 0.1) is 5.95 Å². The van der Waals surface area contributed by atoms with Crippen molar-refractivity contribution in [3.05, 3.63) is 28.7 Å². The van der Waals surface area contributed by atoms with E-state index < -0.39 is 5.95 Å². The Kier molecular flexibility index (Phi) is 6.08. The van der Waals surface area contributed by atoms with Crippen molar-refractivity contribution in [3.8, 4) is 0 Å². The lowest BCUT2D eigenvalue weighted by atomic mass is 10.2. The molecule has 0 atom stereocenters. The average molecular weight is 278 g/mol. The summed E-state index contributed by atoms with van der Waals surface area (Å²) < 4.78 is 17.3. The molecule has 0 amide bonds. The van der Waals surface area contributed by atoms with Crippen molar-refractivity contribution in [2.24, 2.45) is 0 Å². The number of carbonyl (C=O) groups excluding carboxylic acids is 1. The van der Waals surface area contributed by atoms with E-state index in [4.69, 9.17) is 0 Å². The van der Waals surface area contributed by atoms with Crippen molar-refractivity contribution in [2.75, 3.05) is 0 Å². The lowest BCUT2D eigenvalue weighted by molar-refractivity contribution is -0.138. The summed E-state index contributed by atoms with van der Waals surface area (Å²) >= 11 is 3.12. The highest BCUT2D eigenvalue weighted by Crippen LogP contribution is 2.05. The van der Waals surface area contributed by atoms with E-state index in [-0.39, 0.29) is 5.60 Å². The normalized spacial score (nSPS) is 9.93. The molecular formula is C10H13BrFNO2. The van der Waals surface area contributed by atoms with Gasteiger partial charge in [0.15, 0.2) is 0 Å². The van der Waals surface area contributed by atoms with E-state index in [9.17, 15) is 9.18 Å². The maximum Gasteiger partial charge on any atom is 0.293 e. The van der Waals surface area contributed by atoms with Gasteiger partial charge in [-0.2, -0.15) is 4.39 Å². The molecule has 0 spiro atoms. The van der Waals surface area contributed by atoms with Gasteiger partial charge in [-0.1, -0.05) is 0 Å². The largest absolute Gasteiger partial charge is 0.462 e. The van der Waals surface area contributed by atoms with Crippen molar-refractivity contribution >= 4 is 22.4 Å². The second kappa shape index (κ2) is 6.50. The number of aromatic nitrogens is 1. The summed E-state index contributed by atoms with van der Waals surface area (Å²) in [5.41, 5.74) is -0.318. The maximum absolute atomic E-state index is 12.0. The van der Waals surface area contributed by atoms with Gasteiger partial charge in [0.05, 0.1) is 0 Å². The van der Waals surface area contributed by atoms with E-state index in [2.05, 4.69) is 25.7 Å². The van der Waals surface area contributed by atoms with Crippen LogP contribution in [-0.2, 0) is 9.53 Å². The minimum atomic E-state index is -0.451. The second-order valence-electron chi connectivity index (χ2n) is 3.63. The van der Waals surface area contributed by atoms with Gasteiger partial charge in [0.25, 0.3) is 6.47 Å². The van der Waals surface area contributed by atoms with Gasteiger partial charge in [0, 0.05) is 10.7 Å². The monoisotopic (exact) mass is 277 g/mol. The quantitative estimate of drug-likeness (QED) is 0.585. The van der Waals surface area contributed by atoms with Crippen molar-refractivity contribution in [3.63, 3.8) is 0 Å². The lowest BCUT2D eigenvalue weighted by Gasteiger charge is -2.14. The number of carbonyl (C=O) groups is 1. The Balaban J connectivity index is 0.000000265. The Morgan fingerprint density at radius 1 is 1.47 bits per heavy atom. The molecule has 15 heavy (non-hydrogen) atoms. The molecule has 84 valence electrons. The summed E-state index contributed by atoms with van der Waals surface area (Å²) in [4.78, 5) is 13.0. The summed E-state index contributed by atoms with van der Waals surface area (Å²) in [6.07, 6.45) is 1.41. The third-order valence-corrected chi connectivity index (χ3v) is 1.56. The molecule has 0 saturated carbocycles. The van der Waals surface area contributed by atoms with Gasteiger partial charge >= 0.3 is 0 Å². The summed E-state index contributed by atoms with van der Waals surface area (Å²) in [5, 5.41) is 0. The average Bonchev–Trinajstić information content (AvgIpc) is 2.09. The number of ether oxygens (including phenoxy) is 1. The van der Waals surface area contributed by atoms with E-state index in [0.29, 0.717) is 6.47 Å². The highest BCUT2D eigenvalue weighted by molar-refractivity contribution is 9.10. The highest BCUT2D eigenvalue weighted by atomic mass is 79.9. The van der Waals surface area contributed by atoms with Crippen LogP contribution in [0.25, 0.3) is 0 Å². The Morgan fingerprint density at radius 2 is 2.07 bits per heavy atom. The zero-order chi connectivity index (χ0) is 11.9. The molecular weight excluding hydrogens is 265 g/mol. The first-order valence-corrected chi connectivity index (χ1v) is 5.03. The number of nitrogens with zero attached hydrogens (tertiary/aromatic N) is 1. The van der Waals surface area contributed by atoms with Crippen molar-refractivity contribution in [1.29, 1.82) is 0 Å². The van der Waals surface area contributed by atoms with Crippen molar-refractivity contribution in [2.45, 2.75) is 26.4 Å². The molecule has 0 aromatic carbocycles. The molecule has 0 unspecified atom stereocenters. The van der Waals surface area contributed by atoms with E-state index in [1.165, 1.54) is 12.3 Å². The standard InChI is InChI=1S/C5H3BrFN.C5H10O2/c6-4-1-2-5(7)8-3-4;1-5(2,3)7-4-6/h1-3H;4H,1-3H3. The molecule has 0 aliphatic heterocycles. The van der Waals surface area contributed by atoms with E-state index in [1.807, 2.05) is 20.8 Å². The first-order chi connectivity index (χ1) is 6.85. The fourth-order valence-electron chi connectivity index (χ4n) is 0.502. The molecule has 0 aliphatic rings. The number of hydrogen-bond donors (Lipinski definition) is 0. The molecule has 1 aromatic heterocycles. The predicted octanol–water partition coefficient (Wildman–Crippen LogP) is 2.94. The first kappa shape index (κ1) is 14.0. The predicted molar refractivity (Wildman–Crippen MR) is 58.8 cm³/mol. The molecule has 0 aliphatic carbocycles. The number of rotatable bonds is 1. The third-order valence-electron chi connectivity index (χ3n) is 1.09. The third kappa shape index (κ3) is 9.34. The Bertz CT molecular complexity index is 274. The smallest absolute Gasteiger partial charge is 0.293 e. The van der Waals surface area contributed by atoms with Gasteiger partial charge in [0.2, 0.25) is 5.95 Å². The molecule has 5 heteroatoms. The van der Waals surface area contributed by atoms with E-state index in [0.717, 1.165) is 4.47 Å². The number of pyridine rings is 1. The van der Waals surface area contributed by atoms with E-state index >= 15 is 0 Å². The van der Waals surface area contributed by atoms with Crippen LogP contribution in [0.2, 0.25) is 0 Å². The van der Waals surface area contributed by atoms with Gasteiger partial charge < -0.3 is 4.74 Å². The van der Waals surface area contributed by atoms with Crippen molar-refractivity contribution < 1.29 is 13.9 Å². The second-order valence-corrected chi connectivity index (χ2v) is 4.54. The Hall–Kier alpha value is -0.970. The molecule has 0 radical (unpaired) electrons. The molecule has 0 bridgehead atoms. The maximum atomic E-state index is 12.0.